The van der Waals surface area contributed by atoms with E-state index in [2.05, 4.69) is 30.7 Å². The molecule has 31 heavy (non-hydrogen) atoms. The number of hydrogen-bond donors (Lipinski definition) is 2. The van der Waals surface area contributed by atoms with Crippen LogP contribution in [0.2, 0.25) is 0 Å². The topological polar surface area (TPSA) is 76.4 Å². The van der Waals surface area contributed by atoms with Gasteiger partial charge in [-0.25, -0.2) is 9.78 Å². The number of carbonyl (C=O) groups is 1. The number of aromatic carboxylic acids is 1. The average Bonchev–Trinajstić information content (AvgIpc) is 3.05. The van der Waals surface area contributed by atoms with Gasteiger partial charge in [0.15, 0.2) is 0 Å². The Morgan fingerprint density at radius 1 is 1.23 bits per heavy atom. The zero-order valence-corrected chi connectivity index (χ0v) is 18.7. The molecule has 4 rings (SSSR count). The van der Waals surface area contributed by atoms with Gasteiger partial charge < -0.3 is 19.7 Å². The minimum atomic E-state index is -0.940. The molecule has 0 bridgehead atoms. The summed E-state index contributed by atoms with van der Waals surface area (Å²) in [6, 6.07) is 13.3. The maximum absolute atomic E-state index is 11.5. The summed E-state index contributed by atoms with van der Waals surface area (Å²) in [5.41, 5.74) is 3.08. The second-order valence-electron chi connectivity index (χ2n) is 9.46. The number of imidazole rings is 1. The van der Waals surface area contributed by atoms with E-state index in [1.807, 2.05) is 37.3 Å². The second-order valence-corrected chi connectivity index (χ2v) is 9.46. The molecule has 1 aliphatic carbocycles. The first kappa shape index (κ1) is 21.2. The molecule has 2 atom stereocenters. The number of fused-ring (bicyclic) bond motifs is 1. The van der Waals surface area contributed by atoms with E-state index in [4.69, 9.17) is 9.72 Å². The highest BCUT2D eigenvalue weighted by molar-refractivity contribution is 5.93. The van der Waals surface area contributed by atoms with Crippen molar-refractivity contribution < 1.29 is 14.6 Å². The van der Waals surface area contributed by atoms with Gasteiger partial charge in [-0.3, -0.25) is 0 Å². The molecular weight excluding hydrogens is 390 g/mol. The average molecular weight is 422 g/mol. The van der Waals surface area contributed by atoms with Crippen LogP contribution < -0.4 is 10.1 Å². The molecular formula is C25H31N3O3. The van der Waals surface area contributed by atoms with Gasteiger partial charge in [-0.15, -0.1) is 0 Å². The summed E-state index contributed by atoms with van der Waals surface area (Å²) in [5, 5.41) is 12.9. The minimum absolute atomic E-state index is 0.246. The number of aromatic nitrogens is 2. The van der Waals surface area contributed by atoms with Gasteiger partial charge in [-0.2, -0.15) is 0 Å². The lowest BCUT2D eigenvalue weighted by Crippen LogP contribution is -2.29. The predicted molar refractivity (Wildman–Crippen MR) is 123 cm³/mol. The lowest BCUT2D eigenvalue weighted by atomic mass is 9.70. The summed E-state index contributed by atoms with van der Waals surface area (Å²) >= 11 is 0. The van der Waals surface area contributed by atoms with Crippen molar-refractivity contribution in [1.29, 1.82) is 0 Å². The summed E-state index contributed by atoms with van der Waals surface area (Å²) in [7, 11) is 0. The lowest BCUT2D eigenvalue weighted by Gasteiger charge is -2.40. The van der Waals surface area contributed by atoms with E-state index in [9.17, 15) is 9.90 Å². The molecule has 1 aromatic heterocycles. The second kappa shape index (κ2) is 8.25. The molecule has 164 valence electrons. The van der Waals surface area contributed by atoms with Crippen molar-refractivity contribution in [3.05, 3.63) is 48.0 Å². The number of ether oxygens (including phenoxy) is 1. The molecule has 1 aliphatic rings. The van der Waals surface area contributed by atoms with Gasteiger partial charge in [0.05, 0.1) is 23.2 Å². The SMILES string of the molecule is CCOc1ccc(Nc2nc3cc(C(=O)O)ccc3n2[C@H]2C[C@@H](C)CC(C)(C)C2)cc1. The number of nitrogens with one attached hydrogen (secondary N) is 1. The van der Waals surface area contributed by atoms with Crippen LogP contribution in [0.5, 0.6) is 5.75 Å². The van der Waals surface area contributed by atoms with Crippen LogP contribution >= 0.6 is 0 Å². The van der Waals surface area contributed by atoms with Crippen LogP contribution in [0, 0.1) is 11.3 Å². The molecule has 1 saturated carbocycles. The summed E-state index contributed by atoms with van der Waals surface area (Å²) in [4.78, 5) is 16.3. The first-order chi connectivity index (χ1) is 14.8. The molecule has 0 saturated heterocycles. The fraction of sp³-hybridized carbons (Fsp3) is 0.440. The number of rotatable bonds is 6. The highest BCUT2D eigenvalue weighted by Gasteiger charge is 2.34. The van der Waals surface area contributed by atoms with E-state index in [0.29, 0.717) is 24.1 Å². The van der Waals surface area contributed by atoms with Crippen LogP contribution in [0.3, 0.4) is 0 Å². The smallest absolute Gasteiger partial charge is 0.335 e. The molecule has 0 unspecified atom stereocenters. The van der Waals surface area contributed by atoms with Gasteiger partial charge in [0.2, 0.25) is 5.95 Å². The Morgan fingerprint density at radius 2 is 1.97 bits per heavy atom. The third kappa shape index (κ3) is 4.53. The van der Waals surface area contributed by atoms with E-state index in [-0.39, 0.29) is 11.0 Å². The molecule has 6 nitrogen and oxygen atoms in total. The van der Waals surface area contributed by atoms with Crippen LogP contribution in [0.25, 0.3) is 11.0 Å². The normalized spacial score (nSPS) is 20.5. The monoisotopic (exact) mass is 421 g/mol. The van der Waals surface area contributed by atoms with Crippen molar-refractivity contribution in [3.8, 4) is 5.75 Å². The van der Waals surface area contributed by atoms with Crippen molar-refractivity contribution in [2.75, 3.05) is 11.9 Å². The highest BCUT2D eigenvalue weighted by atomic mass is 16.5. The highest BCUT2D eigenvalue weighted by Crippen LogP contribution is 2.46. The van der Waals surface area contributed by atoms with Crippen molar-refractivity contribution in [2.24, 2.45) is 11.3 Å². The van der Waals surface area contributed by atoms with Gasteiger partial charge in [0, 0.05) is 11.7 Å². The van der Waals surface area contributed by atoms with Crippen LogP contribution in [0.1, 0.15) is 63.4 Å². The third-order valence-electron chi connectivity index (χ3n) is 6.09. The number of anilines is 2. The molecule has 0 radical (unpaired) electrons. The van der Waals surface area contributed by atoms with E-state index in [1.54, 1.807) is 12.1 Å². The zero-order valence-electron chi connectivity index (χ0n) is 18.7. The Kier molecular flexibility index (Phi) is 5.65. The van der Waals surface area contributed by atoms with E-state index >= 15 is 0 Å². The molecule has 0 spiro atoms. The third-order valence-corrected chi connectivity index (χ3v) is 6.09. The minimum Gasteiger partial charge on any atom is -0.494 e. The Hall–Kier alpha value is -3.02. The molecule has 2 N–H and O–H groups in total. The van der Waals surface area contributed by atoms with E-state index in [1.165, 1.54) is 6.42 Å². The summed E-state index contributed by atoms with van der Waals surface area (Å²) in [6.45, 7) is 9.57. The van der Waals surface area contributed by atoms with Gasteiger partial charge >= 0.3 is 5.97 Å². The number of hydrogen-bond acceptors (Lipinski definition) is 4. The Bertz CT molecular complexity index is 1090. The van der Waals surface area contributed by atoms with Gasteiger partial charge in [0.1, 0.15) is 5.75 Å². The molecule has 1 heterocycles. The summed E-state index contributed by atoms with van der Waals surface area (Å²) in [5.74, 6) is 1.25. The molecule has 1 fully saturated rings. The number of nitrogens with zero attached hydrogens (tertiary/aromatic N) is 2. The Morgan fingerprint density at radius 3 is 2.61 bits per heavy atom. The first-order valence-corrected chi connectivity index (χ1v) is 11.0. The summed E-state index contributed by atoms with van der Waals surface area (Å²) in [6.07, 6.45) is 3.34. The van der Waals surface area contributed by atoms with Gasteiger partial charge in [-0.1, -0.05) is 20.8 Å². The molecule has 6 heteroatoms. The van der Waals surface area contributed by atoms with Crippen LogP contribution in [0.4, 0.5) is 11.6 Å². The Labute approximate surface area is 183 Å². The van der Waals surface area contributed by atoms with Crippen molar-refractivity contribution >= 4 is 28.6 Å². The quantitative estimate of drug-likeness (QED) is 0.491. The maximum atomic E-state index is 11.5. The van der Waals surface area contributed by atoms with Crippen LogP contribution in [0.15, 0.2) is 42.5 Å². The van der Waals surface area contributed by atoms with Crippen LogP contribution in [-0.4, -0.2) is 27.2 Å². The van der Waals surface area contributed by atoms with Crippen LogP contribution in [-0.2, 0) is 0 Å². The lowest BCUT2D eigenvalue weighted by molar-refractivity contribution is 0.0697. The maximum Gasteiger partial charge on any atom is 0.335 e. The van der Waals surface area contributed by atoms with Crippen molar-refractivity contribution in [3.63, 3.8) is 0 Å². The van der Waals surface area contributed by atoms with Gasteiger partial charge in [-0.05, 0) is 80.0 Å². The molecule has 0 amide bonds. The largest absolute Gasteiger partial charge is 0.494 e. The van der Waals surface area contributed by atoms with Gasteiger partial charge in [0.25, 0.3) is 0 Å². The fourth-order valence-electron chi connectivity index (χ4n) is 5.11. The predicted octanol–water partition coefficient (Wildman–Crippen LogP) is 6.26. The zero-order chi connectivity index (χ0) is 22.2. The van der Waals surface area contributed by atoms with E-state index < -0.39 is 5.97 Å². The fourth-order valence-corrected chi connectivity index (χ4v) is 5.11. The number of carboxylic acids is 1. The molecule has 3 aromatic rings. The van der Waals surface area contributed by atoms with E-state index in [0.717, 1.165) is 35.7 Å². The molecule has 2 aromatic carbocycles. The standard InChI is InChI=1S/C25H31N3O3/c1-5-31-20-9-7-18(8-10-20)26-24-27-21-13-17(23(29)30)6-11-22(21)28(24)19-12-16(2)14-25(3,4)15-19/h6-11,13,16,19H,5,12,14-15H2,1-4H3,(H,26,27)(H,29,30)/t16-,19+/m1/s1. The number of carboxylic acid groups (broad SMARTS) is 1. The number of benzene rings is 2. The first-order valence-electron chi connectivity index (χ1n) is 11.0. The summed E-state index contributed by atoms with van der Waals surface area (Å²) < 4.78 is 7.82. The Balaban J connectivity index is 1.77. The van der Waals surface area contributed by atoms with Crippen molar-refractivity contribution in [2.45, 2.75) is 53.0 Å². The molecule has 0 aliphatic heterocycles. The van der Waals surface area contributed by atoms with Crippen molar-refractivity contribution in [1.82, 2.24) is 9.55 Å².